The van der Waals surface area contributed by atoms with Crippen molar-refractivity contribution in [3.8, 4) is 0 Å². The summed E-state index contributed by atoms with van der Waals surface area (Å²) < 4.78 is 68.5. The topological polar surface area (TPSA) is 237 Å². The molecule has 19 heteroatoms. The molecule has 17 nitrogen and oxygen atoms in total. The highest BCUT2D eigenvalue weighted by molar-refractivity contribution is 7.47. The summed E-state index contributed by atoms with van der Waals surface area (Å²) >= 11 is 0. The second-order valence-electron chi connectivity index (χ2n) is 25.9. The highest BCUT2D eigenvalue weighted by atomic mass is 31.2. The van der Waals surface area contributed by atoms with E-state index in [1.165, 1.54) is 51.4 Å². The molecule has 0 aliphatic heterocycles. The first-order chi connectivity index (χ1) is 50.7. The van der Waals surface area contributed by atoms with Gasteiger partial charge in [-0.1, -0.05) is 288 Å². The SMILES string of the molecule is CC/C=C\C/C=C\C/C=C\C/C=C\C/C=C\CCCC(=O)OCC(COP(=O)(O)OCC(O)COP(=O)(O)OCC(COC(=O)CCCCCCCC/C=C\C/C=C\C/C=C\C/C=C\CC)OC(=O)CCCC/C=C\C/C=C\C/C=C\C/C=C\CC)OC(=O)CCCCCCCCCCCCCCC. The van der Waals surface area contributed by atoms with Crippen LogP contribution < -0.4 is 0 Å². The fraction of sp³-hybridized carbons (Fsp3) is 0.647. The second kappa shape index (κ2) is 75.9. The molecule has 5 unspecified atom stereocenters. The maximum absolute atomic E-state index is 13.1. The molecule has 0 aromatic heterocycles. The smallest absolute Gasteiger partial charge is 0.462 e. The molecule has 0 heterocycles. The van der Waals surface area contributed by atoms with Gasteiger partial charge in [0.1, 0.15) is 19.3 Å². The zero-order chi connectivity index (χ0) is 76.0. The number of carbonyl (C=O) groups excluding carboxylic acids is 4. The fourth-order valence-electron chi connectivity index (χ4n) is 10.1. The number of hydrogen-bond donors (Lipinski definition) is 3. The summed E-state index contributed by atoms with van der Waals surface area (Å²) in [6, 6.07) is 0. The van der Waals surface area contributed by atoms with Crippen LogP contribution >= 0.6 is 15.6 Å². The van der Waals surface area contributed by atoms with Gasteiger partial charge in [-0.05, 0) is 141 Å². The normalized spacial score (nSPS) is 14.7. The van der Waals surface area contributed by atoms with E-state index in [0.29, 0.717) is 38.5 Å². The average molecular weight is 1500 g/mol. The van der Waals surface area contributed by atoms with E-state index in [2.05, 4.69) is 174 Å². The molecule has 0 aromatic rings. The molecule has 0 radical (unpaired) electrons. The number of esters is 4. The van der Waals surface area contributed by atoms with Crippen LogP contribution in [-0.2, 0) is 65.4 Å². The summed E-state index contributed by atoms with van der Waals surface area (Å²) in [6.07, 6.45) is 88.1. The highest BCUT2D eigenvalue weighted by Crippen LogP contribution is 2.45. The van der Waals surface area contributed by atoms with Crippen LogP contribution in [0.25, 0.3) is 0 Å². The number of phosphoric ester groups is 2. The van der Waals surface area contributed by atoms with Gasteiger partial charge in [0, 0.05) is 25.7 Å². The Bertz CT molecular complexity index is 2590. The van der Waals surface area contributed by atoms with Crippen molar-refractivity contribution < 1.29 is 80.2 Å². The van der Waals surface area contributed by atoms with Crippen LogP contribution in [0.15, 0.2) is 158 Å². The van der Waals surface area contributed by atoms with Crippen molar-refractivity contribution in [2.24, 2.45) is 0 Å². The molecule has 0 amide bonds. The Morgan fingerprint density at radius 1 is 0.279 bits per heavy atom. The molecule has 0 aromatic carbocycles. The van der Waals surface area contributed by atoms with Crippen molar-refractivity contribution in [1.82, 2.24) is 0 Å². The summed E-state index contributed by atoms with van der Waals surface area (Å²) in [5, 5.41) is 10.6. The van der Waals surface area contributed by atoms with Crippen molar-refractivity contribution >= 4 is 39.5 Å². The number of aliphatic hydroxyl groups is 1. The van der Waals surface area contributed by atoms with Crippen molar-refractivity contribution in [1.29, 1.82) is 0 Å². The Morgan fingerprint density at radius 2 is 0.510 bits per heavy atom. The number of hydrogen-bond acceptors (Lipinski definition) is 15. The average Bonchev–Trinajstić information content (AvgIpc) is 0.918. The number of rotatable bonds is 73. The maximum Gasteiger partial charge on any atom is 0.472 e. The summed E-state index contributed by atoms with van der Waals surface area (Å²) in [7, 11) is -10.00. The minimum absolute atomic E-state index is 0.0333. The first-order valence-corrected chi connectivity index (χ1v) is 42.7. The van der Waals surface area contributed by atoms with E-state index < -0.39 is 97.5 Å². The molecule has 0 aliphatic rings. The van der Waals surface area contributed by atoms with Crippen LogP contribution in [0.5, 0.6) is 0 Å². The Kier molecular flexibility index (Phi) is 72.0. The lowest BCUT2D eigenvalue weighted by Gasteiger charge is -2.21. The summed E-state index contributed by atoms with van der Waals surface area (Å²) in [5.41, 5.74) is 0. The molecule has 0 fully saturated rings. The Balaban J connectivity index is 5.44. The van der Waals surface area contributed by atoms with Gasteiger partial charge in [-0.3, -0.25) is 37.3 Å². The standard InChI is InChI=1S/C85H140O17P2/c1-5-9-13-17-21-25-29-33-36-38-39-41-44-47-50-54-58-62-66-70-83(88)96-76-81(102-85(90)72-68-64-60-56-52-48-42-35-31-27-23-19-15-11-7-3)78-100-104(93,94)98-74-79(86)73-97-103(91,92)99-77-80(101-84(89)71-67-63-59-55-51-45-32-28-24-20-16-12-8-4)75-95-82(87)69-65-61-57-53-49-46-43-40-37-34-30-26-22-18-14-10-6-2/h9-11,13-15,21-23,25-27,33-37,39,41-43,46,52-53,56-57,79-81,86H,5-8,12,16-20,24,28-32,38,40,44-45,47-51,54-55,58-78H2,1-4H3,(H,91,92)(H,93,94)/b13-9-,14-10-,15-11-,25-21-,26-22-,27-23-,36-33-,37-34-,41-39-,42-35-,46-43-,56-52-,57-53-. The van der Waals surface area contributed by atoms with E-state index in [4.69, 9.17) is 37.0 Å². The van der Waals surface area contributed by atoms with E-state index >= 15 is 0 Å². The van der Waals surface area contributed by atoms with E-state index in [-0.39, 0.29) is 25.7 Å². The first kappa shape index (κ1) is 98.7. The summed E-state index contributed by atoms with van der Waals surface area (Å²) in [6.45, 7) is 4.40. The molecule has 0 saturated carbocycles. The second-order valence-corrected chi connectivity index (χ2v) is 28.8. The van der Waals surface area contributed by atoms with E-state index in [1.54, 1.807) is 0 Å². The van der Waals surface area contributed by atoms with Gasteiger partial charge < -0.3 is 33.8 Å². The first-order valence-electron chi connectivity index (χ1n) is 39.7. The number of phosphoric acid groups is 2. The van der Waals surface area contributed by atoms with Crippen LogP contribution in [0.1, 0.15) is 297 Å². The molecular weight excluding hydrogens is 1350 g/mol. The molecule has 592 valence electrons. The van der Waals surface area contributed by atoms with E-state index in [9.17, 15) is 43.2 Å². The van der Waals surface area contributed by atoms with Gasteiger partial charge in [-0.15, -0.1) is 0 Å². The lowest BCUT2D eigenvalue weighted by molar-refractivity contribution is -0.161. The summed E-state index contributed by atoms with van der Waals surface area (Å²) in [5.74, 6) is -2.31. The molecule has 3 N–H and O–H groups in total. The molecular formula is C85H140O17P2. The third-order valence-corrected chi connectivity index (χ3v) is 17.9. The van der Waals surface area contributed by atoms with Gasteiger partial charge in [0.05, 0.1) is 26.4 Å². The largest absolute Gasteiger partial charge is 0.472 e. The van der Waals surface area contributed by atoms with Crippen LogP contribution in [-0.4, -0.2) is 96.7 Å². The maximum atomic E-state index is 13.1. The van der Waals surface area contributed by atoms with Crippen molar-refractivity contribution in [2.45, 2.75) is 316 Å². The monoisotopic (exact) mass is 1490 g/mol. The number of ether oxygens (including phenoxy) is 4. The lowest BCUT2D eigenvalue weighted by atomic mass is 10.0. The van der Waals surface area contributed by atoms with Crippen LogP contribution in [0.3, 0.4) is 0 Å². The van der Waals surface area contributed by atoms with Gasteiger partial charge in [0.2, 0.25) is 0 Å². The molecule has 5 atom stereocenters. The quantitative estimate of drug-likeness (QED) is 0.0169. The number of carbonyl (C=O) groups is 4. The Labute approximate surface area is 629 Å². The minimum atomic E-state index is -5.00. The molecule has 0 rings (SSSR count). The van der Waals surface area contributed by atoms with Gasteiger partial charge in [-0.2, -0.15) is 0 Å². The molecule has 104 heavy (non-hydrogen) atoms. The number of allylic oxidation sites excluding steroid dienone is 26. The number of aliphatic hydroxyl groups excluding tert-OH is 1. The predicted molar refractivity (Wildman–Crippen MR) is 427 cm³/mol. The van der Waals surface area contributed by atoms with Crippen LogP contribution in [0.4, 0.5) is 0 Å². The summed E-state index contributed by atoms with van der Waals surface area (Å²) in [4.78, 5) is 73.0. The third-order valence-electron chi connectivity index (χ3n) is 16.0. The highest BCUT2D eigenvalue weighted by Gasteiger charge is 2.30. The van der Waals surface area contributed by atoms with Gasteiger partial charge >= 0.3 is 39.5 Å². The Hall–Kier alpha value is -5.32. The third kappa shape index (κ3) is 74.9. The van der Waals surface area contributed by atoms with Crippen LogP contribution in [0.2, 0.25) is 0 Å². The Morgan fingerprint density at radius 3 is 0.827 bits per heavy atom. The van der Waals surface area contributed by atoms with Crippen molar-refractivity contribution in [3.63, 3.8) is 0 Å². The lowest BCUT2D eigenvalue weighted by Crippen LogP contribution is -2.30. The van der Waals surface area contributed by atoms with Gasteiger partial charge in [0.15, 0.2) is 12.2 Å². The minimum Gasteiger partial charge on any atom is -0.462 e. The van der Waals surface area contributed by atoms with Crippen LogP contribution in [0, 0.1) is 0 Å². The van der Waals surface area contributed by atoms with E-state index in [1.807, 2.05) is 12.2 Å². The van der Waals surface area contributed by atoms with E-state index in [0.717, 1.165) is 154 Å². The molecule has 0 saturated heterocycles. The van der Waals surface area contributed by atoms with Crippen molar-refractivity contribution in [3.05, 3.63) is 158 Å². The molecule has 0 spiro atoms. The van der Waals surface area contributed by atoms with Crippen molar-refractivity contribution in [2.75, 3.05) is 39.6 Å². The zero-order valence-electron chi connectivity index (χ0n) is 64.6. The zero-order valence-corrected chi connectivity index (χ0v) is 66.4. The van der Waals surface area contributed by atoms with Gasteiger partial charge in [0.25, 0.3) is 0 Å². The fourth-order valence-corrected chi connectivity index (χ4v) is 11.6. The number of unbranched alkanes of at least 4 members (excludes halogenated alkanes) is 21. The van der Waals surface area contributed by atoms with Gasteiger partial charge in [-0.25, -0.2) is 9.13 Å². The predicted octanol–water partition coefficient (Wildman–Crippen LogP) is 23.2. The molecule has 0 aliphatic carbocycles. The molecule has 0 bridgehead atoms.